The van der Waals surface area contributed by atoms with E-state index in [1.165, 1.54) is 0 Å². The zero-order valence-electron chi connectivity index (χ0n) is 14.7. The fraction of sp³-hybridized carbons (Fsp3) is 0.611. The molecule has 1 amide bonds. The van der Waals surface area contributed by atoms with E-state index in [1.807, 2.05) is 11.8 Å². The first kappa shape index (κ1) is 17.8. The third-order valence-corrected chi connectivity index (χ3v) is 4.66. The number of carbonyl (C=O) groups excluding carboxylic acids is 1. The monoisotopic (exact) mass is 319 g/mol. The van der Waals surface area contributed by atoms with Crippen LogP contribution in [-0.2, 0) is 0 Å². The molecule has 0 saturated carbocycles. The highest BCUT2D eigenvalue weighted by molar-refractivity contribution is 5.94. The zero-order chi connectivity index (χ0) is 17.0. The molecule has 128 valence electrons. The number of piperidine rings is 1. The van der Waals surface area contributed by atoms with Crippen LogP contribution >= 0.6 is 0 Å². The minimum Gasteiger partial charge on any atom is -0.508 e. The Morgan fingerprint density at radius 3 is 2.70 bits per heavy atom. The van der Waals surface area contributed by atoms with E-state index in [0.29, 0.717) is 11.6 Å². The Bertz CT molecular complexity index is 545. The molecule has 1 aromatic carbocycles. The summed E-state index contributed by atoms with van der Waals surface area (Å²) in [6, 6.07) is 5.59. The Balaban J connectivity index is 1.99. The van der Waals surface area contributed by atoms with E-state index >= 15 is 0 Å². The average molecular weight is 319 g/mol. The number of hydrogen-bond donors (Lipinski definition) is 1. The van der Waals surface area contributed by atoms with Gasteiger partial charge in [-0.15, -0.1) is 0 Å². The molecule has 1 heterocycles. The summed E-state index contributed by atoms with van der Waals surface area (Å²) in [5.41, 5.74) is 1.37. The third kappa shape index (κ3) is 4.69. The van der Waals surface area contributed by atoms with E-state index in [4.69, 9.17) is 0 Å². The lowest BCUT2D eigenvalue weighted by molar-refractivity contribution is 0.0603. The summed E-state index contributed by atoms with van der Waals surface area (Å²) in [5, 5.41) is 9.83. The largest absolute Gasteiger partial charge is 0.508 e. The Morgan fingerprint density at radius 1 is 1.30 bits per heavy atom. The Morgan fingerprint density at radius 2 is 2.04 bits per heavy atom. The van der Waals surface area contributed by atoms with Gasteiger partial charge in [0.1, 0.15) is 5.75 Å². The predicted octanol–water partition coefficient (Wildman–Crippen LogP) is 1.80. The van der Waals surface area contributed by atoms with Gasteiger partial charge in [0.15, 0.2) is 0 Å². The van der Waals surface area contributed by atoms with Crippen LogP contribution in [0.15, 0.2) is 18.2 Å². The summed E-state index contributed by atoms with van der Waals surface area (Å²) in [7, 11) is 6.29. The van der Waals surface area contributed by atoms with Gasteiger partial charge in [-0.2, -0.15) is 0 Å². The van der Waals surface area contributed by atoms with Crippen LogP contribution in [0.1, 0.15) is 28.8 Å². The number of carbonyl (C=O) groups is 1. The van der Waals surface area contributed by atoms with Crippen molar-refractivity contribution in [2.24, 2.45) is 0 Å². The maximum absolute atomic E-state index is 12.7. The van der Waals surface area contributed by atoms with Crippen LogP contribution in [0.2, 0.25) is 0 Å². The third-order valence-electron chi connectivity index (χ3n) is 4.66. The first-order valence-electron chi connectivity index (χ1n) is 8.32. The molecule has 1 aromatic rings. The molecule has 1 atom stereocenters. The number of nitrogens with zero attached hydrogens (tertiary/aromatic N) is 3. The van der Waals surface area contributed by atoms with E-state index in [9.17, 15) is 9.90 Å². The molecule has 5 nitrogen and oxygen atoms in total. The lowest BCUT2D eigenvalue weighted by atomic mass is 10.0. The topological polar surface area (TPSA) is 47.0 Å². The smallest absolute Gasteiger partial charge is 0.254 e. The molecule has 1 N–H and O–H groups in total. The van der Waals surface area contributed by atoms with Gasteiger partial charge in [0.05, 0.1) is 0 Å². The van der Waals surface area contributed by atoms with Crippen molar-refractivity contribution in [2.75, 3.05) is 47.3 Å². The van der Waals surface area contributed by atoms with Crippen molar-refractivity contribution < 1.29 is 9.90 Å². The summed E-state index contributed by atoms with van der Waals surface area (Å²) in [4.78, 5) is 19.1. The highest BCUT2D eigenvalue weighted by Gasteiger charge is 2.27. The molecule has 0 radical (unpaired) electrons. The molecule has 5 heteroatoms. The Hall–Kier alpha value is -1.59. The summed E-state index contributed by atoms with van der Waals surface area (Å²) >= 11 is 0. The highest BCUT2D eigenvalue weighted by atomic mass is 16.3. The van der Waals surface area contributed by atoms with Crippen molar-refractivity contribution in [1.82, 2.24) is 14.7 Å². The van der Waals surface area contributed by atoms with Gasteiger partial charge in [0.2, 0.25) is 0 Å². The lowest BCUT2D eigenvalue weighted by Gasteiger charge is -2.38. The molecule has 1 saturated heterocycles. The first-order valence-corrected chi connectivity index (χ1v) is 8.32. The van der Waals surface area contributed by atoms with Crippen molar-refractivity contribution >= 4 is 5.91 Å². The van der Waals surface area contributed by atoms with E-state index in [2.05, 4.69) is 30.9 Å². The van der Waals surface area contributed by atoms with Crippen LogP contribution in [0.4, 0.5) is 0 Å². The number of phenolic OH excluding ortho intramolecular Hbond substituents is 1. The van der Waals surface area contributed by atoms with Crippen molar-refractivity contribution in [3.05, 3.63) is 29.3 Å². The van der Waals surface area contributed by atoms with Crippen molar-refractivity contribution in [3.8, 4) is 5.75 Å². The van der Waals surface area contributed by atoms with Crippen LogP contribution in [0, 0.1) is 6.92 Å². The lowest BCUT2D eigenvalue weighted by Crippen LogP contribution is -2.49. The van der Waals surface area contributed by atoms with E-state index in [-0.39, 0.29) is 11.7 Å². The number of hydrogen-bond acceptors (Lipinski definition) is 4. The molecule has 0 bridgehead atoms. The van der Waals surface area contributed by atoms with Crippen molar-refractivity contribution in [1.29, 1.82) is 0 Å². The second-order valence-corrected chi connectivity index (χ2v) is 6.83. The molecule has 0 aromatic heterocycles. The summed E-state index contributed by atoms with van der Waals surface area (Å²) < 4.78 is 0. The van der Waals surface area contributed by atoms with Crippen molar-refractivity contribution in [3.63, 3.8) is 0 Å². The SMILES string of the molecule is Cc1ccc(C(=O)N2CCC[C@@H](N(C)CCN(C)C)C2)cc1O. The number of likely N-dealkylation sites (tertiary alicyclic amines) is 1. The van der Waals surface area contributed by atoms with Gasteiger partial charge < -0.3 is 19.8 Å². The highest BCUT2D eigenvalue weighted by Crippen LogP contribution is 2.21. The number of rotatable bonds is 5. The number of amides is 1. The average Bonchev–Trinajstić information content (AvgIpc) is 2.54. The Labute approximate surface area is 139 Å². The molecule has 1 aliphatic heterocycles. The minimum absolute atomic E-state index is 0.0195. The molecule has 0 spiro atoms. The van der Waals surface area contributed by atoms with E-state index in [1.54, 1.807) is 18.2 Å². The summed E-state index contributed by atoms with van der Waals surface area (Å²) in [6.45, 7) is 5.42. The second kappa shape index (κ2) is 7.79. The van der Waals surface area contributed by atoms with Crippen LogP contribution in [-0.4, -0.2) is 79.1 Å². The fourth-order valence-electron chi connectivity index (χ4n) is 2.96. The van der Waals surface area contributed by atoms with Gasteiger partial charge in [0.25, 0.3) is 5.91 Å². The van der Waals surface area contributed by atoms with Gasteiger partial charge in [0, 0.05) is 37.8 Å². The molecule has 1 fully saturated rings. The molecular formula is C18H29N3O2. The zero-order valence-corrected chi connectivity index (χ0v) is 14.7. The number of aromatic hydroxyl groups is 1. The van der Waals surface area contributed by atoms with Gasteiger partial charge >= 0.3 is 0 Å². The maximum Gasteiger partial charge on any atom is 0.254 e. The summed E-state index contributed by atoms with van der Waals surface area (Å²) in [6.07, 6.45) is 2.16. The van der Waals surface area contributed by atoms with Crippen molar-refractivity contribution in [2.45, 2.75) is 25.8 Å². The van der Waals surface area contributed by atoms with Crippen LogP contribution < -0.4 is 0 Å². The van der Waals surface area contributed by atoms with Gasteiger partial charge in [-0.3, -0.25) is 4.79 Å². The van der Waals surface area contributed by atoms with Crippen LogP contribution in [0.25, 0.3) is 0 Å². The first-order chi connectivity index (χ1) is 10.9. The molecule has 0 unspecified atom stereocenters. The molecule has 23 heavy (non-hydrogen) atoms. The Kier molecular flexibility index (Phi) is 6.02. The molecule has 0 aliphatic carbocycles. The quantitative estimate of drug-likeness (QED) is 0.899. The number of likely N-dealkylation sites (N-methyl/N-ethyl adjacent to an activating group) is 2. The number of phenols is 1. The van der Waals surface area contributed by atoms with E-state index < -0.39 is 0 Å². The summed E-state index contributed by atoms with van der Waals surface area (Å²) in [5.74, 6) is 0.207. The van der Waals surface area contributed by atoms with E-state index in [0.717, 1.165) is 44.6 Å². The maximum atomic E-state index is 12.7. The normalized spacial score (nSPS) is 18.7. The predicted molar refractivity (Wildman–Crippen MR) is 93.0 cm³/mol. The van der Waals surface area contributed by atoms with Crippen LogP contribution in [0.5, 0.6) is 5.75 Å². The van der Waals surface area contributed by atoms with Gasteiger partial charge in [-0.1, -0.05) is 6.07 Å². The van der Waals surface area contributed by atoms with Gasteiger partial charge in [-0.05, 0) is 58.6 Å². The van der Waals surface area contributed by atoms with Gasteiger partial charge in [-0.25, -0.2) is 0 Å². The standard InChI is InChI=1S/C18H29N3O2/c1-14-7-8-15(12-17(14)22)18(23)21-9-5-6-16(13-21)20(4)11-10-19(2)3/h7-8,12,16,22H,5-6,9-11,13H2,1-4H3/t16-/m1/s1. The minimum atomic E-state index is 0.0195. The number of benzene rings is 1. The number of aryl methyl sites for hydroxylation is 1. The second-order valence-electron chi connectivity index (χ2n) is 6.83. The molecule has 1 aliphatic rings. The molecule has 2 rings (SSSR count). The fourth-order valence-corrected chi connectivity index (χ4v) is 2.96. The molecular weight excluding hydrogens is 290 g/mol. The van der Waals surface area contributed by atoms with Crippen LogP contribution in [0.3, 0.4) is 0 Å².